The van der Waals surface area contributed by atoms with Crippen LogP contribution in [0.5, 0.6) is 0 Å². The zero-order valence-corrected chi connectivity index (χ0v) is 16.8. The molecule has 0 amide bonds. The first kappa shape index (κ1) is 19.4. The molecular formula is C18H26IN2P. The topological polar surface area (TPSA) is 26.0 Å². The van der Waals surface area contributed by atoms with E-state index in [0.29, 0.717) is 12.1 Å². The molecule has 0 heterocycles. The van der Waals surface area contributed by atoms with Crippen LogP contribution in [0.4, 0.5) is 0 Å². The zero-order valence-electron chi connectivity index (χ0n) is 13.8. The molecule has 0 radical (unpaired) electrons. The fraction of sp³-hybridized carbons (Fsp3) is 0.333. The molecule has 0 bridgehead atoms. The number of hydrogen-bond donors (Lipinski definition) is 2. The third-order valence-corrected chi connectivity index (χ3v) is 7.14. The van der Waals surface area contributed by atoms with E-state index in [0.717, 1.165) is 0 Å². The van der Waals surface area contributed by atoms with E-state index in [1.165, 1.54) is 10.6 Å². The molecule has 0 saturated heterocycles. The van der Waals surface area contributed by atoms with Crippen molar-refractivity contribution < 1.29 is 28.7 Å². The van der Waals surface area contributed by atoms with Crippen molar-refractivity contribution >= 4 is 17.8 Å². The van der Waals surface area contributed by atoms with Crippen molar-refractivity contribution in [3.63, 3.8) is 0 Å². The fourth-order valence-corrected chi connectivity index (χ4v) is 6.32. The summed E-state index contributed by atoms with van der Waals surface area (Å²) in [4.78, 5) is 0. The van der Waals surface area contributed by atoms with Crippen molar-refractivity contribution in [1.82, 2.24) is 5.09 Å². The predicted octanol–water partition coefficient (Wildman–Crippen LogP) is -0.755. The molecule has 0 aromatic heterocycles. The Morgan fingerprint density at radius 3 is 1.50 bits per heavy atom. The van der Waals surface area contributed by atoms with Crippen LogP contribution in [0.1, 0.15) is 27.7 Å². The average Bonchev–Trinajstić information content (AvgIpc) is 2.47. The molecule has 2 N–H and O–H groups in total. The minimum atomic E-state index is -1.81. The van der Waals surface area contributed by atoms with Crippen molar-refractivity contribution in [2.45, 2.75) is 39.8 Å². The first-order valence-electron chi connectivity index (χ1n) is 7.60. The molecule has 0 atom stereocenters. The summed E-state index contributed by atoms with van der Waals surface area (Å²) in [6.45, 7) is 8.84. The monoisotopic (exact) mass is 428 g/mol. The van der Waals surface area contributed by atoms with Gasteiger partial charge in [0.2, 0.25) is 7.21 Å². The largest absolute Gasteiger partial charge is 1.00 e. The molecule has 0 aliphatic rings. The van der Waals surface area contributed by atoms with E-state index in [-0.39, 0.29) is 24.0 Å². The van der Waals surface area contributed by atoms with E-state index in [4.69, 9.17) is 0 Å². The summed E-state index contributed by atoms with van der Waals surface area (Å²) in [6, 6.07) is 22.4. The highest BCUT2D eigenvalue weighted by molar-refractivity contribution is 7.76. The maximum atomic E-state index is 3.86. The quantitative estimate of drug-likeness (QED) is 0.476. The van der Waals surface area contributed by atoms with E-state index >= 15 is 0 Å². The van der Waals surface area contributed by atoms with Gasteiger partial charge < -0.3 is 24.0 Å². The minimum absolute atomic E-state index is 0. The Morgan fingerprint density at radius 2 is 1.18 bits per heavy atom. The molecule has 22 heavy (non-hydrogen) atoms. The Morgan fingerprint density at radius 1 is 0.773 bits per heavy atom. The van der Waals surface area contributed by atoms with Crippen LogP contribution in [0.3, 0.4) is 0 Å². The average molecular weight is 428 g/mol. The predicted molar refractivity (Wildman–Crippen MR) is 93.4 cm³/mol. The summed E-state index contributed by atoms with van der Waals surface area (Å²) in [7, 11) is -1.81. The van der Waals surface area contributed by atoms with E-state index in [2.05, 4.69) is 98.2 Å². The second-order valence-electron chi connectivity index (χ2n) is 5.91. The fourth-order valence-electron chi connectivity index (χ4n) is 2.56. The molecule has 0 aliphatic carbocycles. The number of halogens is 1. The van der Waals surface area contributed by atoms with Crippen LogP contribution in [0.2, 0.25) is 0 Å². The summed E-state index contributed by atoms with van der Waals surface area (Å²) in [5.74, 6) is 0. The van der Waals surface area contributed by atoms with Crippen molar-refractivity contribution in [3.05, 3.63) is 60.7 Å². The van der Waals surface area contributed by atoms with Crippen molar-refractivity contribution in [3.8, 4) is 0 Å². The van der Waals surface area contributed by atoms with Crippen LogP contribution in [0.15, 0.2) is 60.7 Å². The first-order chi connectivity index (χ1) is 10.0. The number of hydrogen-bond acceptors (Lipinski definition) is 0. The molecule has 0 saturated carbocycles. The van der Waals surface area contributed by atoms with Crippen molar-refractivity contribution in [2.24, 2.45) is 0 Å². The van der Waals surface area contributed by atoms with Crippen molar-refractivity contribution in [2.75, 3.05) is 0 Å². The Bertz CT molecular complexity index is 566. The van der Waals surface area contributed by atoms with Gasteiger partial charge in [0.15, 0.2) is 0 Å². The zero-order chi connectivity index (χ0) is 15.3. The molecule has 0 aliphatic heterocycles. The summed E-state index contributed by atoms with van der Waals surface area (Å²) >= 11 is 0. The second kappa shape index (κ2) is 8.85. The van der Waals surface area contributed by atoms with Gasteiger partial charge in [-0.1, -0.05) is 36.4 Å². The van der Waals surface area contributed by atoms with E-state index < -0.39 is 7.21 Å². The Labute approximate surface area is 151 Å². The van der Waals surface area contributed by atoms with Gasteiger partial charge in [0.1, 0.15) is 6.04 Å². The van der Waals surface area contributed by atoms with Gasteiger partial charge in [-0.3, -0.25) is 4.74 Å². The summed E-state index contributed by atoms with van der Waals surface area (Å²) < 4.78 is 3.86. The van der Waals surface area contributed by atoms with Crippen molar-refractivity contribution in [1.29, 1.82) is 0 Å². The highest BCUT2D eigenvalue weighted by Gasteiger charge is 2.31. The van der Waals surface area contributed by atoms with Gasteiger partial charge in [0.25, 0.3) is 0 Å². The molecule has 0 unspecified atom stereocenters. The molecule has 2 aromatic carbocycles. The van der Waals surface area contributed by atoms with Gasteiger partial charge in [-0.25, -0.2) is 5.09 Å². The normalized spacial score (nSPS) is 11.4. The van der Waals surface area contributed by atoms with Crippen LogP contribution in [-0.4, -0.2) is 12.1 Å². The van der Waals surface area contributed by atoms with Gasteiger partial charge in [-0.2, -0.15) is 0 Å². The summed E-state index contributed by atoms with van der Waals surface area (Å²) in [6.07, 6.45) is 0. The number of nitrogens with one attached hydrogen (secondary N) is 2. The maximum absolute atomic E-state index is 3.86. The Kier molecular flexibility index (Phi) is 7.81. The lowest BCUT2D eigenvalue weighted by atomic mass is 10.4. The lowest BCUT2D eigenvalue weighted by molar-refractivity contribution is -0.472. The highest BCUT2D eigenvalue weighted by Crippen LogP contribution is 2.35. The molecular weight excluding hydrogens is 402 g/mol. The number of benzene rings is 2. The Balaban J connectivity index is 0.00000242. The van der Waals surface area contributed by atoms with E-state index in [9.17, 15) is 0 Å². The number of rotatable bonds is 5. The SMILES string of the molecule is CC(C)NP(=[NH+]C(C)C)(c1ccccc1)c1ccccc1.[I-]. The minimum Gasteiger partial charge on any atom is -1.00 e. The molecule has 2 rings (SSSR count). The summed E-state index contributed by atoms with van der Waals surface area (Å²) in [5, 5.41) is 6.55. The molecule has 2 aromatic rings. The first-order valence-corrected chi connectivity index (χ1v) is 9.39. The lowest BCUT2D eigenvalue weighted by Crippen LogP contribution is -3.00. The van der Waals surface area contributed by atoms with Gasteiger partial charge in [-0.15, -0.1) is 0 Å². The molecule has 120 valence electrons. The second-order valence-corrected chi connectivity index (χ2v) is 8.80. The molecule has 4 heteroatoms. The van der Waals surface area contributed by atoms with Crippen LogP contribution >= 0.6 is 7.21 Å². The highest BCUT2D eigenvalue weighted by atomic mass is 127. The third kappa shape index (κ3) is 4.68. The standard InChI is InChI=1S/C18H25N2P.HI/c1-15(2)19-21(20-16(3)4,17-11-7-5-8-12-17)18-13-9-6-10-14-18;/h5-16H,1-4H3,(H,19,20);1H. The van der Waals surface area contributed by atoms with Gasteiger partial charge >= 0.3 is 0 Å². The molecule has 0 spiro atoms. The van der Waals surface area contributed by atoms with Gasteiger partial charge in [-0.05, 0) is 52.0 Å². The molecule has 2 nitrogen and oxygen atoms in total. The Hall–Kier alpha value is -0.640. The lowest BCUT2D eigenvalue weighted by Gasteiger charge is -2.24. The third-order valence-electron chi connectivity index (χ3n) is 3.19. The van der Waals surface area contributed by atoms with E-state index in [1.54, 1.807) is 0 Å². The van der Waals surface area contributed by atoms with Crippen LogP contribution < -0.4 is 44.4 Å². The smallest absolute Gasteiger partial charge is 0.220 e. The van der Waals surface area contributed by atoms with Gasteiger partial charge in [0, 0.05) is 6.04 Å². The van der Waals surface area contributed by atoms with Crippen LogP contribution in [0, 0.1) is 0 Å². The maximum Gasteiger partial charge on any atom is 0.220 e. The molecule has 0 fully saturated rings. The van der Waals surface area contributed by atoms with Crippen LogP contribution in [-0.2, 0) is 0 Å². The summed E-state index contributed by atoms with van der Waals surface area (Å²) in [5.41, 5.74) is 0. The van der Waals surface area contributed by atoms with E-state index in [1.807, 2.05) is 0 Å². The van der Waals surface area contributed by atoms with Gasteiger partial charge in [0.05, 0.1) is 10.6 Å². The van der Waals surface area contributed by atoms with Crippen LogP contribution in [0.25, 0.3) is 0 Å².